The molecule has 0 radical (unpaired) electrons. The lowest BCUT2D eigenvalue weighted by Crippen LogP contribution is -2.43. The number of ether oxygens (including phenoxy) is 6. The van der Waals surface area contributed by atoms with Crippen LogP contribution in [0.5, 0.6) is 28.7 Å². The Bertz CT molecular complexity index is 1400. The largest absolute Gasteiger partial charge is 0.493 e. The van der Waals surface area contributed by atoms with Crippen molar-refractivity contribution in [1.82, 2.24) is 5.32 Å². The van der Waals surface area contributed by atoms with Gasteiger partial charge in [0.1, 0.15) is 0 Å². The minimum atomic E-state index is -0.553. The number of esters is 1. The number of benzene rings is 3. The Morgan fingerprint density at radius 2 is 1.56 bits per heavy atom. The van der Waals surface area contributed by atoms with Crippen molar-refractivity contribution in [1.29, 1.82) is 0 Å². The normalized spacial score (nSPS) is 22.4. The fourth-order valence-corrected chi connectivity index (χ4v) is 6.03. The van der Waals surface area contributed by atoms with Crippen molar-refractivity contribution >= 4 is 11.9 Å². The summed E-state index contributed by atoms with van der Waals surface area (Å²) in [5.41, 5.74) is 3.41. The third kappa shape index (κ3) is 4.27. The molecular formula is C30H29NO8. The summed E-state index contributed by atoms with van der Waals surface area (Å²) in [5.74, 6) is 0.896. The predicted molar refractivity (Wildman–Crippen MR) is 139 cm³/mol. The molecule has 3 aromatic carbocycles. The molecule has 202 valence electrons. The highest BCUT2D eigenvalue weighted by Crippen LogP contribution is 2.55. The van der Waals surface area contributed by atoms with Gasteiger partial charge in [-0.2, -0.15) is 0 Å². The number of methoxy groups -OCH3 is 3. The van der Waals surface area contributed by atoms with E-state index in [0.29, 0.717) is 28.7 Å². The molecule has 0 saturated carbocycles. The minimum absolute atomic E-state index is 0.104. The minimum Gasteiger partial charge on any atom is -0.493 e. The van der Waals surface area contributed by atoms with Crippen LogP contribution in [0.3, 0.4) is 0 Å². The molecule has 0 bridgehead atoms. The monoisotopic (exact) mass is 531 g/mol. The van der Waals surface area contributed by atoms with E-state index in [0.717, 1.165) is 22.3 Å². The molecule has 0 unspecified atom stereocenters. The molecule has 0 aromatic heterocycles. The number of fused-ring (bicyclic) bond motifs is 3. The number of amides is 1. The summed E-state index contributed by atoms with van der Waals surface area (Å²) in [6, 6.07) is 16.6. The number of carbonyl (C=O) groups is 2. The van der Waals surface area contributed by atoms with Gasteiger partial charge in [-0.3, -0.25) is 9.59 Å². The second kappa shape index (κ2) is 10.1. The van der Waals surface area contributed by atoms with Gasteiger partial charge in [-0.1, -0.05) is 30.3 Å². The van der Waals surface area contributed by atoms with E-state index in [1.165, 1.54) is 0 Å². The number of rotatable bonds is 7. The fourth-order valence-electron chi connectivity index (χ4n) is 6.03. The lowest BCUT2D eigenvalue weighted by atomic mass is 9.65. The maximum Gasteiger partial charge on any atom is 0.310 e. The first-order valence-electron chi connectivity index (χ1n) is 12.8. The highest BCUT2D eigenvalue weighted by Gasteiger charge is 2.53. The van der Waals surface area contributed by atoms with Crippen LogP contribution in [0.2, 0.25) is 0 Å². The first kappa shape index (κ1) is 24.9. The number of hydrogen-bond acceptors (Lipinski definition) is 8. The van der Waals surface area contributed by atoms with Crippen molar-refractivity contribution in [2.24, 2.45) is 11.8 Å². The SMILES string of the molecule is COc1cc([C@@H]2c3cc4c(cc3[C@@H](NC(=O)Cc3ccccc3)[C@H]3COC(=O)[C@H]23)OCO4)cc(OC)c1OC. The molecule has 2 heterocycles. The van der Waals surface area contributed by atoms with Crippen LogP contribution in [0.15, 0.2) is 54.6 Å². The Morgan fingerprint density at radius 3 is 2.21 bits per heavy atom. The molecule has 9 nitrogen and oxygen atoms in total. The Kier molecular flexibility index (Phi) is 6.42. The number of carbonyl (C=O) groups excluding carboxylic acids is 2. The molecule has 3 aliphatic rings. The maximum absolute atomic E-state index is 13.3. The fraction of sp³-hybridized carbons (Fsp3) is 0.333. The molecule has 4 atom stereocenters. The number of hydrogen-bond donors (Lipinski definition) is 1. The summed E-state index contributed by atoms with van der Waals surface area (Å²) in [6.07, 6.45) is 0.222. The first-order valence-corrected chi connectivity index (χ1v) is 12.8. The van der Waals surface area contributed by atoms with E-state index in [4.69, 9.17) is 28.4 Å². The summed E-state index contributed by atoms with van der Waals surface area (Å²) in [5, 5.41) is 3.21. The van der Waals surface area contributed by atoms with Gasteiger partial charge >= 0.3 is 5.97 Å². The molecule has 0 spiro atoms. The molecule has 1 aliphatic carbocycles. The van der Waals surface area contributed by atoms with Gasteiger partial charge in [-0.25, -0.2) is 0 Å². The second-order valence-corrected chi connectivity index (χ2v) is 9.80. The van der Waals surface area contributed by atoms with Crippen molar-refractivity contribution in [2.45, 2.75) is 18.4 Å². The Hall–Kier alpha value is -4.40. The van der Waals surface area contributed by atoms with E-state index in [1.54, 1.807) is 21.3 Å². The molecule has 1 N–H and O–H groups in total. The van der Waals surface area contributed by atoms with Gasteiger partial charge in [0.05, 0.1) is 46.3 Å². The summed E-state index contributed by atoms with van der Waals surface area (Å²) in [7, 11) is 4.65. The van der Waals surface area contributed by atoms with Crippen molar-refractivity contribution in [3.63, 3.8) is 0 Å². The quantitative estimate of drug-likeness (QED) is 0.460. The van der Waals surface area contributed by atoms with Gasteiger partial charge in [0.15, 0.2) is 23.0 Å². The third-order valence-corrected chi connectivity index (χ3v) is 7.76. The standard InChI is InChI=1S/C30H29NO8/c1-34-23-10-17(11-24(35-2)29(23)36-3)26-18-12-21-22(39-15-38-21)13-19(18)28(20-14-37-30(33)27(20)26)31-25(32)9-16-7-5-4-6-8-16/h4-8,10-13,20,26-28H,9,14-15H2,1-3H3,(H,31,32)/t20-,26+,27-,28+/m0/s1. The van der Waals surface area contributed by atoms with E-state index in [1.807, 2.05) is 54.6 Å². The second-order valence-electron chi connectivity index (χ2n) is 9.80. The smallest absolute Gasteiger partial charge is 0.310 e. The van der Waals surface area contributed by atoms with Crippen LogP contribution >= 0.6 is 0 Å². The highest BCUT2D eigenvalue weighted by molar-refractivity contribution is 5.82. The van der Waals surface area contributed by atoms with Crippen molar-refractivity contribution in [2.75, 3.05) is 34.7 Å². The zero-order valence-electron chi connectivity index (χ0n) is 21.9. The van der Waals surface area contributed by atoms with E-state index < -0.39 is 17.9 Å². The van der Waals surface area contributed by atoms with Gasteiger partial charge in [0.25, 0.3) is 0 Å². The Morgan fingerprint density at radius 1 is 0.897 bits per heavy atom. The lowest BCUT2D eigenvalue weighted by molar-refractivity contribution is -0.141. The van der Waals surface area contributed by atoms with Crippen molar-refractivity contribution < 1.29 is 38.0 Å². The van der Waals surface area contributed by atoms with Crippen LogP contribution in [-0.4, -0.2) is 46.6 Å². The van der Waals surface area contributed by atoms with Gasteiger partial charge in [0.2, 0.25) is 18.4 Å². The molecule has 39 heavy (non-hydrogen) atoms. The van der Waals surface area contributed by atoms with Crippen LogP contribution in [0.1, 0.15) is 34.2 Å². The van der Waals surface area contributed by atoms with Crippen LogP contribution in [0, 0.1) is 11.8 Å². The van der Waals surface area contributed by atoms with Crippen LogP contribution < -0.4 is 29.0 Å². The van der Waals surface area contributed by atoms with Gasteiger partial charge in [-0.05, 0) is 46.5 Å². The predicted octanol–water partition coefficient (Wildman–Crippen LogP) is 3.78. The lowest BCUT2D eigenvalue weighted by Gasteiger charge is -2.39. The summed E-state index contributed by atoms with van der Waals surface area (Å²) in [6.45, 7) is 0.293. The van der Waals surface area contributed by atoms with Gasteiger partial charge in [-0.15, -0.1) is 0 Å². The maximum atomic E-state index is 13.3. The summed E-state index contributed by atoms with van der Waals surface area (Å²) < 4.78 is 33.8. The molecule has 1 fully saturated rings. The molecule has 2 aliphatic heterocycles. The topological polar surface area (TPSA) is 102 Å². The molecule has 3 aromatic rings. The van der Waals surface area contributed by atoms with E-state index in [-0.39, 0.29) is 37.6 Å². The molecule has 1 saturated heterocycles. The highest BCUT2D eigenvalue weighted by atomic mass is 16.7. The van der Waals surface area contributed by atoms with Crippen molar-refractivity contribution in [3.05, 3.63) is 76.9 Å². The Labute approximate surface area is 225 Å². The summed E-state index contributed by atoms with van der Waals surface area (Å²) >= 11 is 0. The average Bonchev–Trinajstić information content (AvgIpc) is 3.58. The first-order chi connectivity index (χ1) is 19.0. The van der Waals surface area contributed by atoms with Crippen LogP contribution in [0.4, 0.5) is 0 Å². The van der Waals surface area contributed by atoms with Gasteiger partial charge < -0.3 is 33.7 Å². The zero-order valence-corrected chi connectivity index (χ0v) is 21.9. The van der Waals surface area contributed by atoms with E-state index in [2.05, 4.69) is 5.32 Å². The number of cyclic esters (lactones) is 1. The van der Waals surface area contributed by atoms with Gasteiger partial charge in [0, 0.05) is 11.8 Å². The summed E-state index contributed by atoms with van der Waals surface area (Å²) in [4.78, 5) is 26.6. The van der Waals surface area contributed by atoms with E-state index in [9.17, 15) is 9.59 Å². The third-order valence-electron chi connectivity index (χ3n) is 7.76. The Balaban J connectivity index is 1.48. The molecule has 6 rings (SSSR count). The number of nitrogens with one attached hydrogen (secondary N) is 1. The van der Waals surface area contributed by atoms with Crippen molar-refractivity contribution in [3.8, 4) is 28.7 Å². The molecule has 1 amide bonds. The van der Waals surface area contributed by atoms with Crippen LogP contribution in [0.25, 0.3) is 0 Å². The van der Waals surface area contributed by atoms with Crippen LogP contribution in [-0.2, 0) is 20.7 Å². The zero-order chi connectivity index (χ0) is 27.1. The molecular weight excluding hydrogens is 502 g/mol. The van der Waals surface area contributed by atoms with E-state index >= 15 is 0 Å². The molecule has 9 heteroatoms. The average molecular weight is 532 g/mol.